The van der Waals surface area contributed by atoms with Crippen LogP contribution in [0.4, 0.5) is 0 Å². The van der Waals surface area contributed by atoms with E-state index in [4.69, 9.17) is 10.5 Å². The molecule has 1 unspecified atom stereocenters. The second-order valence-electron chi connectivity index (χ2n) is 5.80. The highest BCUT2D eigenvalue weighted by Crippen LogP contribution is 2.45. The molecule has 0 aromatic carbocycles. The summed E-state index contributed by atoms with van der Waals surface area (Å²) in [5.74, 6) is 1.06. The molecule has 2 aliphatic rings. The van der Waals surface area contributed by atoms with Gasteiger partial charge in [-0.1, -0.05) is 0 Å². The first-order valence-electron chi connectivity index (χ1n) is 6.04. The zero-order valence-electron chi connectivity index (χ0n) is 9.92. The number of thioether (sulfide) groups is 1. The van der Waals surface area contributed by atoms with E-state index in [9.17, 15) is 0 Å². The zero-order chi connectivity index (χ0) is 10.9. The number of rotatable bonds is 3. The van der Waals surface area contributed by atoms with Crippen LogP contribution in [0.2, 0.25) is 0 Å². The van der Waals surface area contributed by atoms with Gasteiger partial charge in [0.05, 0.1) is 5.60 Å². The van der Waals surface area contributed by atoms with Crippen molar-refractivity contribution < 1.29 is 4.74 Å². The average molecular weight is 229 g/mol. The molecule has 2 N–H and O–H groups in total. The van der Waals surface area contributed by atoms with Crippen molar-refractivity contribution in [2.45, 2.75) is 62.3 Å². The largest absolute Gasteiger partial charge is 0.375 e. The van der Waals surface area contributed by atoms with E-state index >= 15 is 0 Å². The van der Waals surface area contributed by atoms with Gasteiger partial charge in [0.2, 0.25) is 0 Å². The SMILES string of the molecule is CC(C)(N)CSC1CCOC2(CCC2)C1. The molecule has 0 aromatic rings. The fourth-order valence-electron chi connectivity index (χ4n) is 2.38. The first kappa shape index (κ1) is 11.7. The molecule has 1 aliphatic heterocycles. The van der Waals surface area contributed by atoms with Crippen molar-refractivity contribution in [1.29, 1.82) is 0 Å². The summed E-state index contributed by atoms with van der Waals surface area (Å²) in [6, 6.07) is 0. The predicted molar refractivity (Wildman–Crippen MR) is 66.3 cm³/mol. The van der Waals surface area contributed by atoms with Crippen molar-refractivity contribution in [3.8, 4) is 0 Å². The molecule has 1 aliphatic carbocycles. The van der Waals surface area contributed by atoms with Crippen LogP contribution in [0, 0.1) is 0 Å². The van der Waals surface area contributed by atoms with Crippen molar-refractivity contribution in [1.82, 2.24) is 0 Å². The third-order valence-corrected chi connectivity index (χ3v) is 5.19. The lowest BCUT2D eigenvalue weighted by atomic mass is 9.75. The van der Waals surface area contributed by atoms with E-state index in [0.29, 0.717) is 0 Å². The van der Waals surface area contributed by atoms with E-state index in [1.165, 1.54) is 32.1 Å². The van der Waals surface area contributed by atoms with Gasteiger partial charge < -0.3 is 10.5 Å². The fraction of sp³-hybridized carbons (Fsp3) is 1.00. The molecule has 2 rings (SSSR count). The number of nitrogens with two attached hydrogens (primary N) is 1. The fourth-order valence-corrected chi connectivity index (χ4v) is 3.73. The Morgan fingerprint density at radius 3 is 2.73 bits per heavy atom. The monoisotopic (exact) mass is 229 g/mol. The van der Waals surface area contributed by atoms with E-state index in [1.54, 1.807) is 0 Å². The van der Waals surface area contributed by atoms with Gasteiger partial charge in [-0.2, -0.15) is 11.8 Å². The van der Waals surface area contributed by atoms with Crippen molar-refractivity contribution in [3.05, 3.63) is 0 Å². The highest BCUT2D eigenvalue weighted by molar-refractivity contribution is 8.00. The molecular formula is C12H23NOS. The lowest BCUT2D eigenvalue weighted by molar-refractivity contribution is -0.125. The van der Waals surface area contributed by atoms with Gasteiger partial charge in [-0.15, -0.1) is 0 Å². The van der Waals surface area contributed by atoms with E-state index < -0.39 is 0 Å². The molecule has 0 amide bonds. The van der Waals surface area contributed by atoms with Gasteiger partial charge in [0.25, 0.3) is 0 Å². The number of hydrogen-bond donors (Lipinski definition) is 1. The molecule has 0 bridgehead atoms. The molecule has 0 aromatic heterocycles. The summed E-state index contributed by atoms with van der Waals surface area (Å²) in [4.78, 5) is 0. The highest BCUT2D eigenvalue weighted by Gasteiger charge is 2.42. The summed E-state index contributed by atoms with van der Waals surface area (Å²) in [7, 11) is 0. The molecule has 15 heavy (non-hydrogen) atoms. The van der Waals surface area contributed by atoms with E-state index in [-0.39, 0.29) is 11.1 Å². The van der Waals surface area contributed by atoms with Gasteiger partial charge in [-0.3, -0.25) is 0 Å². The third kappa shape index (κ3) is 3.11. The Morgan fingerprint density at radius 1 is 1.47 bits per heavy atom. The Morgan fingerprint density at radius 2 is 2.20 bits per heavy atom. The molecule has 1 saturated carbocycles. The Balaban J connectivity index is 1.78. The molecule has 2 fully saturated rings. The summed E-state index contributed by atoms with van der Waals surface area (Å²) in [6.45, 7) is 5.18. The molecule has 1 heterocycles. The van der Waals surface area contributed by atoms with Crippen molar-refractivity contribution >= 4 is 11.8 Å². The third-order valence-electron chi connectivity index (χ3n) is 3.40. The van der Waals surface area contributed by atoms with Gasteiger partial charge in [0, 0.05) is 23.1 Å². The van der Waals surface area contributed by atoms with Crippen LogP contribution in [0.3, 0.4) is 0 Å². The van der Waals surface area contributed by atoms with E-state index in [0.717, 1.165) is 17.6 Å². The van der Waals surface area contributed by atoms with Crippen LogP contribution in [0.1, 0.15) is 46.0 Å². The lowest BCUT2D eigenvalue weighted by Gasteiger charge is -2.47. The van der Waals surface area contributed by atoms with Gasteiger partial charge in [-0.25, -0.2) is 0 Å². The highest BCUT2D eigenvalue weighted by atomic mass is 32.2. The van der Waals surface area contributed by atoms with E-state index in [2.05, 4.69) is 25.6 Å². The van der Waals surface area contributed by atoms with Gasteiger partial charge in [-0.05, 0) is 46.0 Å². The normalized spacial score (nSPS) is 30.2. The molecular weight excluding hydrogens is 206 g/mol. The van der Waals surface area contributed by atoms with E-state index in [1.807, 2.05) is 0 Å². The zero-order valence-corrected chi connectivity index (χ0v) is 10.7. The molecule has 88 valence electrons. The summed E-state index contributed by atoms with van der Waals surface area (Å²) in [6.07, 6.45) is 6.40. The van der Waals surface area contributed by atoms with Crippen LogP contribution in [-0.2, 0) is 4.74 Å². The molecule has 1 saturated heterocycles. The van der Waals surface area contributed by atoms with Crippen LogP contribution in [0.25, 0.3) is 0 Å². The van der Waals surface area contributed by atoms with Crippen molar-refractivity contribution in [2.24, 2.45) is 5.73 Å². The first-order chi connectivity index (χ1) is 6.99. The summed E-state index contributed by atoms with van der Waals surface area (Å²) < 4.78 is 5.92. The van der Waals surface area contributed by atoms with Crippen molar-refractivity contribution in [3.63, 3.8) is 0 Å². The van der Waals surface area contributed by atoms with Gasteiger partial charge in [0.1, 0.15) is 0 Å². The maximum atomic E-state index is 6.01. The second-order valence-corrected chi connectivity index (χ2v) is 7.09. The Labute approximate surface area is 97.3 Å². The average Bonchev–Trinajstić information content (AvgIpc) is 2.12. The van der Waals surface area contributed by atoms with Gasteiger partial charge >= 0.3 is 0 Å². The molecule has 1 spiro atoms. The van der Waals surface area contributed by atoms with Crippen LogP contribution in [-0.4, -0.2) is 28.7 Å². The Hall–Kier alpha value is 0.270. The van der Waals surface area contributed by atoms with Crippen LogP contribution in [0.5, 0.6) is 0 Å². The lowest BCUT2D eigenvalue weighted by Crippen LogP contribution is -2.47. The molecule has 3 heteroatoms. The standard InChI is InChI=1S/C12H23NOS/c1-11(2,13)9-15-10-4-7-14-12(8-10)5-3-6-12/h10H,3-9,13H2,1-2H3. The summed E-state index contributed by atoms with van der Waals surface area (Å²) in [5.41, 5.74) is 6.27. The van der Waals surface area contributed by atoms with Crippen LogP contribution < -0.4 is 5.73 Å². The van der Waals surface area contributed by atoms with Crippen LogP contribution in [0.15, 0.2) is 0 Å². The maximum absolute atomic E-state index is 6.01. The predicted octanol–water partition coefficient (Wildman–Crippen LogP) is 2.56. The molecule has 1 atom stereocenters. The first-order valence-corrected chi connectivity index (χ1v) is 7.09. The second kappa shape index (κ2) is 4.27. The van der Waals surface area contributed by atoms with Crippen molar-refractivity contribution in [2.75, 3.05) is 12.4 Å². The summed E-state index contributed by atoms with van der Waals surface area (Å²) in [5, 5.41) is 0.780. The van der Waals surface area contributed by atoms with Crippen LogP contribution >= 0.6 is 11.8 Å². The Kier molecular flexibility index (Phi) is 3.34. The minimum atomic E-state index is -0.0320. The molecule has 0 radical (unpaired) electrons. The number of hydrogen-bond acceptors (Lipinski definition) is 3. The quantitative estimate of drug-likeness (QED) is 0.808. The molecule has 2 nitrogen and oxygen atoms in total. The van der Waals surface area contributed by atoms with Gasteiger partial charge in [0.15, 0.2) is 0 Å². The topological polar surface area (TPSA) is 35.2 Å². The Bertz CT molecular complexity index is 220. The smallest absolute Gasteiger partial charge is 0.0693 e. The summed E-state index contributed by atoms with van der Waals surface area (Å²) >= 11 is 2.05. The minimum absolute atomic E-state index is 0.0320. The maximum Gasteiger partial charge on any atom is 0.0693 e. The minimum Gasteiger partial charge on any atom is -0.375 e. The number of ether oxygens (including phenoxy) is 1.